The molecule has 0 saturated carbocycles. The Hall–Kier alpha value is -1.69. The molecule has 1 fully saturated rings. The zero-order valence-corrected chi connectivity index (χ0v) is 14.2. The molecule has 1 aliphatic heterocycles. The summed E-state index contributed by atoms with van der Waals surface area (Å²) >= 11 is 1.27. The molecule has 0 radical (unpaired) electrons. The maximum absolute atomic E-state index is 12.0. The summed E-state index contributed by atoms with van der Waals surface area (Å²) in [6.07, 6.45) is 0. The van der Waals surface area contributed by atoms with Gasteiger partial charge in [-0.25, -0.2) is 0 Å². The first-order valence-corrected chi connectivity index (χ1v) is 8.58. The first-order valence-electron chi connectivity index (χ1n) is 7.59. The molecule has 0 aliphatic carbocycles. The van der Waals surface area contributed by atoms with Crippen molar-refractivity contribution in [2.45, 2.75) is 26.8 Å². The van der Waals surface area contributed by atoms with Crippen molar-refractivity contribution in [3.05, 3.63) is 24.3 Å². The number of carbonyl (C=O) groups excluding carboxylic acids is 2. The smallest absolute Gasteiger partial charge is 0.282 e. The molecule has 5 nitrogen and oxygen atoms in total. The van der Waals surface area contributed by atoms with E-state index in [2.05, 4.69) is 31.0 Å². The van der Waals surface area contributed by atoms with Gasteiger partial charge in [0.05, 0.1) is 0 Å². The second-order valence-electron chi connectivity index (χ2n) is 5.51. The summed E-state index contributed by atoms with van der Waals surface area (Å²) < 4.78 is 0. The molecule has 0 bridgehead atoms. The molecule has 1 aliphatic rings. The molecule has 1 aromatic carbocycles. The van der Waals surface area contributed by atoms with Gasteiger partial charge in [0, 0.05) is 36.3 Å². The molecule has 1 heterocycles. The summed E-state index contributed by atoms with van der Waals surface area (Å²) in [6.45, 7) is 8.16. The van der Waals surface area contributed by atoms with Gasteiger partial charge in [0.15, 0.2) is 0 Å². The van der Waals surface area contributed by atoms with E-state index in [4.69, 9.17) is 0 Å². The van der Waals surface area contributed by atoms with E-state index in [1.165, 1.54) is 11.8 Å². The minimum Gasteiger partial charge on any atom is -0.369 e. The highest BCUT2D eigenvalue weighted by Gasteiger charge is 2.23. The van der Waals surface area contributed by atoms with Crippen LogP contribution in [-0.4, -0.2) is 47.5 Å². The van der Waals surface area contributed by atoms with Gasteiger partial charge < -0.3 is 15.1 Å². The normalized spacial score (nSPS) is 14.5. The minimum atomic E-state index is -0.153. The standard InChI is InChI=1S/C16H23N3O2S/c1-4-19(12(2)3)14-7-5-13(6-8-14)17-15(20)11-18-9-10-22-16(18)21/h5-8,12H,4,9-11H2,1-3H3,(H,17,20). The van der Waals surface area contributed by atoms with Crippen LogP contribution in [0.4, 0.5) is 16.2 Å². The molecule has 2 amide bonds. The van der Waals surface area contributed by atoms with Crippen molar-refractivity contribution in [1.82, 2.24) is 4.90 Å². The van der Waals surface area contributed by atoms with E-state index in [1.54, 1.807) is 4.90 Å². The van der Waals surface area contributed by atoms with Crippen molar-refractivity contribution in [2.24, 2.45) is 0 Å². The number of hydrogen-bond donors (Lipinski definition) is 1. The Bertz CT molecular complexity index is 531. The average molecular weight is 321 g/mol. The zero-order valence-electron chi connectivity index (χ0n) is 13.3. The molecule has 0 aromatic heterocycles. The van der Waals surface area contributed by atoms with E-state index in [0.29, 0.717) is 12.6 Å². The lowest BCUT2D eigenvalue weighted by molar-refractivity contribution is -0.116. The van der Waals surface area contributed by atoms with Crippen LogP contribution < -0.4 is 10.2 Å². The Balaban J connectivity index is 1.93. The highest BCUT2D eigenvalue weighted by molar-refractivity contribution is 8.13. The third-order valence-electron chi connectivity index (χ3n) is 3.63. The van der Waals surface area contributed by atoms with Crippen LogP contribution in [0.5, 0.6) is 0 Å². The molecule has 0 unspecified atom stereocenters. The fourth-order valence-electron chi connectivity index (χ4n) is 2.53. The number of thioether (sulfide) groups is 1. The number of nitrogens with one attached hydrogen (secondary N) is 1. The molecule has 120 valence electrons. The second-order valence-corrected chi connectivity index (χ2v) is 6.56. The molecule has 0 atom stereocenters. The summed E-state index contributed by atoms with van der Waals surface area (Å²) in [7, 11) is 0. The molecule has 1 saturated heterocycles. The Labute approximate surface area is 136 Å². The molecular weight excluding hydrogens is 298 g/mol. The van der Waals surface area contributed by atoms with Gasteiger partial charge in [0.2, 0.25) is 5.91 Å². The second kappa shape index (κ2) is 7.54. The molecule has 6 heteroatoms. The number of hydrogen-bond acceptors (Lipinski definition) is 4. The summed E-state index contributed by atoms with van der Waals surface area (Å²) in [5.74, 6) is 0.614. The lowest BCUT2D eigenvalue weighted by Crippen LogP contribution is -2.33. The molecule has 22 heavy (non-hydrogen) atoms. The average Bonchev–Trinajstić information content (AvgIpc) is 2.86. The van der Waals surface area contributed by atoms with Gasteiger partial charge in [0.25, 0.3) is 5.24 Å². The lowest BCUT2D eigenvalue weighted by Gasteiger charge is -2.27. The van der Waals surface area contributed by atoms with Crippen LogP contribution in [-0.2, 0) is 4.79 Å². The van der Waals surface area contributed by atoms with E-state index >= 15 is 0 Å². The zero-order chi connectivity index (χ0) is 16.1. The molecular formula is C16H23N3O2S. The maximum Gasteiger partial charge on any atom is 0.282 e. The molecule has 2 rings (SSSR count). The van der Waals surface area contributed by atoms with Crippen molar-refractivity contribution in [3.8, 4) is 0 Å². The van der Waals surface area contributed by atoms with Crippen molar-refractivity contribution in [3.63, 3.8) is 0 Å². The lowest BCUT2D eigenvalue weighted by atomic mass is 10.2. The van der Waals surface area contributed by atoms with E-state index in [0.717, 1.165) is 23.7 Å². The minimum absolute atomic E-state index is 0.0129. The third kappa shape index (κ3) is 4.16. The summed E-state index contributed by atoms with van der Waals surface area (Å²) in [5, 5.41) is 2.83. The van der Waals surface area contributed by atoms with Crippen molar-refractivity contribution in [1.29, 1.82) is 0 Å². The van der Waals surface area contributed by atoms with Crippen LogP contribution in [0.25, 0.3) is 0 Å². The van der Waals surface area contributed by atoms with Crippen LogP contribution in [0.2, 0.25) is 0 Å². The van der Waals surface area contributed by atoms with Gasteiger partial charge in [-0.05, 0) is 45.0 Å². The molecule has 0 spiro atoms. The molecule has 1 aromatic rings. The van der Waals surface area contributed by atoms with Crippen LogP contribution in [0.1, 0.15) is 20.8 Å². The Kier molecular flexibility index (Phi) is 5.71. The van der Waals surface area contributed by atoms with Crippen molar-refractivity contribution < 1.29 is 9.59 Å². The Morgan fingerprint density at radius 2 is 2.05 bits per heavy atom. The highest BCUT2D eigenvalue weighted by atomic mass is 32.2. The summed E-state index contributed by atoms with van der Waals surface area (Å²) in [4.78, 5) is 27.3. The number of nitrogens with zero attached hydrogens (tertiary/aromatic N) is 2. The number of amides is 2. The summed E-state index contributed by atoms with van der Waals surface area (Å²) in [5.41, 5.74) is 1.90. The van der Waals surface area contributed by atoms with Crippen molar-refractivity contribution >= 4 is 34.3 Å². The van der Waals surface area contributed by atoms with Gasteiger partial charge in [-0.15, -0.1) is 0 Å². The van der Waals surface area contributed by atoms with E-state index in [9.17, 15) is 9.59 Å². The van der Waals surface area contributed by atoms with Gasteiger partial charge in [0.1, 0.15) is 6.54 Å². The number of anilines is 2. The topological polar surface area (TPSA) is 52.7 Å². The van der Waals surface area contributed by atoms with Gasteiger partial charge in [-0.2, -0.15) is 0 Å². The van der Waals surface area contributed by atoms with Gasteiger partial charge >= 0.3 is 0 Å². The third-order valence-corrected chi connectivity index (χ3v) is 4.52. The fourth-order valence-corrected chi connectivity index (χ4v) is 3.35. The van der Waals surface area contributed by atoms with E-state index in [-0.39, 0.29) is 17.7 Å². The van der Waals surface area contributed by atoms with Crippen LogP contribution >= 0.6 is 11.8 Å². The SMILES string of the molecule is CCN(c1ccc(NC(=O)CN2CCSC2=O)cc1)C(C)C. The Morgan fingerprint density at radius 3 is 2.55 bits per heavy atom. The number of rotatable bonds is 6. The van der Waals surface area contributed by atoms with Crippen LogP contribution in [0, 0.1) is 0 Å². The van der Waals surface area contributed by atoms with E-state index < -0.39 is 0 Å². The fraction of sp³-hybridized carbons (Fsp3) is 0.500. The molecule has 1 N–H and O–H groups in total. The first-order chi connectivity index (χ1) is 10.5. The maximum atomic E-state index is 12.0. The number of carbonyl (C=O) groups is 2. The highest BCUT2D eigenvalue weighted by Crippen LogP contribution is 2.20. The van der Waals surface area contributed by atoms with Gasteiger partial charge in [-0.1, -0.05) is 11.8 Å². The predicted molar refractivity (Wildman–Crippen MR) is 92.7 cm³/mol. The van der Waals surface area contributed by atoms with Crippen molar-refractivity contribution in [2.75, 3.05) is 35.6 Å². The van der Waals surface area contributed by atoms with E-state index in [1.807, 2.05) is 24.3 Å². The Morgan fingerprint density at radius 1 is 1.36 bits per heavy atom. The quantitative estimate of drug-likeness (QED) is 0.875. The first kappa shape index (κ1) is 16.7. The number of benzene rings is 1. The predicted octanol–water partition coefficient (Wildman–Crippen LogP) is 3.03. The van der Waals surface area contributed by atoms with Crippen LogP contribution in [0.15, 0.2) is 24.3 Å². The monoisotopic (exact) mass is 321 g/mol. The van der Waals surface area contributed by atoms with Gasteiger partial charge in [-0.3, -0.25) is 9.59 Å². The summed E-state index contributed by atoms with van der Waals surface area (Å²) in [6, 6.07) is 8.26. The largest absolute Gasteiger partial charge is 0.369 e. The van der Waals surface area contributed by atoms with Crippen LogP contribution in [0.3, 0.4) is 0 Å².